The van der Waals surface area contributed by atoms with Gasteiger partial charge in [-0.2, -0.15) is 0 Å². The lowest BCUT2D eigenvalue weighted by Crippen LogP contribution is -2.32. The number of rotatable bonds is 10. The van der Waals surface area contributed by atoms with Gasteiger partial charge in [0.05, 0.1) is 23.4 Å². The molecule has 0 saturated carbocycles. The van der Waals surface area contributed by atoms with E-state index in [1.165, 1.54) is 37.1 Å². The van der Waals surface area contributed by atoms with Gasteiger partial charge in [-0.15, -0.1) is 10.2 Å². The Kier molecular flexibility index (Phi) is 8.02. The summed E-state index contributed by atoms with van der Waals surface area (Å²) in [4.78, 5) is 12.6. The lowest BCUT2D eigenvalue weighted by Gasteiger charge is -2.22. The Morgan fingerprint density at radius 2 is 1.91 bits per heavy atom. The van der Waals surface area contributed by atoms with Crippen LogP contribution in [-0.4, -0.2) is 61.8 Å². The van der Waals surface area contributed by atoms with Crippen molar-refractivity contribution in [2.45, 2.75) is 38.0 Å². The van der Waals surface area contributed by atoms with Crippen LogP contribution in [0.4, 0.5) is 5.95 Å². The summed E-state index contributed by atoms with van der Waals surface area (Å²) in [7, 11) is -2.56. The average Bonchev–Trinajstić information content (AvgIpc) is 3.25. The number of anilines is 1. The maximum Gasteiger partial charge on any atom is 0.239 e. The molecule has 0 unspecified atom stereocenters. The van der Waals surface area contributed by atoms with Crippen molar-refractivity contribution in [1.29, 1.82) is 5.41 Å². The zero-order chi connectivity index (χ0) is 25.8. The van der Waals surface area contributed by atoms with E-state index in [0.717, 1.165) is 6.21 Å². The van der Waals surface area contributed by atoms with Gasteiger partial charge in [0.2, 0.25) is 21.9 Å². The van der Waals surface area contributed by atoms with E-state index in [2.05, 4.69) is 29.9 Å². The van der Waals surface area contributed by atoms with Crippen LogP contribution in [-0.2, 0) is 10.0 Å². The van der Waals surface area contributed by atoms with Crippen LogP contribution in [0.25, 0.3) is 11.5 Å². The highest BCUT2D eigenvalue weighted by molar-refractivity contribution is 7.93. The van der Waals surface area contributed by atoms with E-state index in [4.69, 9.17) is 21.7 Å². The van der Waals surface area contributed by atoms with E-state index in [0.29, 0.717) is 22.4 Å². The minimum absolute atomic E-state index is 0.141. The van der Waals surface area contributed by atoms with Crippen LogP contribution in [0, 0.1) is 5.41 Å². The number of hydrogen-bond acceptors (Lipinski definition) is 10. The molecule has 0 bridgehead atoms. The van der Waals surface area contributed by atoms with Crippen LogP contribution in [0.15, 0.2) is 42.4 Å². The van der Waals surface area contributed by atoms with E-state index >= 15 is 0 Å². The molecule has 0 aromatic carbocycles. The zero-order valence-corrected chi connectivity index (χ0v) is 21.0. The van der Waals surface area contributed by atoms with E-state index in [1.807, 2.05) is 0 Å². The first-order chi connectivity index (χ1) is 16.6. The topological polar surface area (TPSA) is 169 Å². The second kappa shape index (κ2) is 10.8. The summed E-state index contributed by atoms with van der Waals surface area (Å²) in [6.45, 7) is 4.81. The Bertz CT molecular complexity index is 1330. The molecule has 35 heavy (non-hydrogen) atoms. The van der Waals surface area contributed by atoms with Gasteiger partial charge in [-0.1, -0.05) is 24.6 Å². The number of methoxy groups -OCH3 is 1. The maximum absolute atomic E-state index is 13.3. The molecule has 0 aliphatic rings. The molecule has 0 amide bonds. The number of sulfonamides is 1. The van der Waals surface area contributed by atoms with Crippen molar-refractivity contribution < 1.29 is 18.3 Å². The summed E-state index contributed by atoms with van der Waals surface area (Å²) >= 11 is 5.83. The Morgan fingerprint density at radius 3 is 2.54 bits per heavy atom. The Hall–Kier alpha value is -3.58. The zero-order valence-electron chi connectivity index (χ0n) is 19.4. The van der Waals surface area contributed by atoms with Gasteiger partial charge in [-0.3, -0.25) is 9.29 Å². The van der Waals surface area contributed by atoms with Gasteiger partial charge in [0, 0.05) is 30.6 Å². The number of allylic oxidation sites excluding steroid dienone is 2. The predicted molar refractivity (Wildman–Crippen MR) is 131 cm³/mol. The molecule has 3 heterocycles. The number of pyridine rings is 1. The molecule has 0 radical (unpaired) electrons. The maximum atomic E-state index is 13.3. The Morgan fingerprint density at radius 1 is 1.23 bits per heavy atom. The van der Waals surface area contributed by atoms with Gasteiger partial charge in [-0.05, 0) is 26.0 Å². The minimum atomic E-state index is -4.02. The van der Waals surface area contributed by atoms with Gasteiger partial charge in [0.25, 0.3) is 0 Å². The Balaban J connectivity index is 2.03. The van der Waals surface area contributed by atoms with Gasteiger partial charge in [0.1, 0.15) is 17.3 Å². The molecule has 0 aliphatic heterocycles. The normalized spacial score (nSPS) is 14.7. The molecule has 0 spiro atoms. The Labute approximate surface area is 207 Å². The fraction of sp³-hybridized carbons (Fsp3) is 0.333. The summed E-state index contributed by atoms with van der Waals surface area (Å²) < 4.78 is 35.6. The van der Waals surface area contributed by atoms with Crippen LogP contribution >= 0.6 is 11.6 Å². The fourth-order valence-electron chi connectivity index (χ4n) is 3.17. The molecule has 0 saturated heterocycles. The molecular weight excluding hydrogens is 496 g/mol. The van der Waals surface area contributed by atoms with Gasteiger partial charge >= 0.3 is 0 Å². The van der Waals surface area contributed by atoms with Crippen molar-refractivity contribution >= 4 is 33.8 Å². The van der Waals surface area contributed by atoms with E-state index in [9.17, 15) is 13.5 Å². The van der Waals surface area contributed by atoms with E-state index in [1.54, 1.807) is 32.0 Å². The molecule has 186 valence electrons. The highest BCUT2D eigenvalue weighted by atomic mass is 35.5. The number of halogens is 1. The number of nitrogens with one attached hydrogen (secondary N) is 2. The molecule has 3 atom stereocenters. The molecular formula is C21H25ClN8O4S. The van der Waals surface area contributed by atoms with Gasteiger partial charge in [0.15, 0.2) is 5.82 Å². The van der Waals surface area contributed by atoms with Crippen LogP contribution < -0.4 is 9.46 Å². The lowest BCUT2D eigenvalue weighted by molar-refractivity contribution is 0.341. The summed E-state index contributed by atoms with van der Waals surface area (Å²) in [6.07, 6.45) is 4.89. The molecule has 3 rings (SSSR count). The third-order valence-corrected chi connectivity index (χ3v) is 7.45. The lowest BCUT2D eigenvalue weighted by atomic mass is 10.1. The van der Waals surface area contributed by atoms with Crippen molar-refractivity contribution in [2.75, 3.05) is 11.8 Å². The molecule has 14 heteroatoms. The average molecular weight is 521 g/mol. The predicted octanol–water partition coefficient (Wildman–Crippen LogP) is 3.38. The monoisotopic (exact) mass is 520 g/mol. The second-order valence-corrected chi connectivity index (χ2v) is 10.1. The highest BCUT2D eigenvalue weighted by Gasteiger charge is 2.32. The highest BCUT2D eigenvalue weighted by Crippen LogP contribution is 2.30. The van der Waals surface area contributed by atoms with Crippen molar-refractivity contribution in [3.05, 3.63) is 53.3 Å². The van der Waals surface area contributed by atoms with Gasteiger partial charge in [-0.25, -0.2) is 23.4 Å². The number of aromatic nitrogens is 6. The third kappa shape index (κ3) is 5.74. The third-order valence-electron chi connectivity index (χ3n) is 5.40. The van der Waals surface area contributed by atoms with Crippen molar-refractivity contribution in [1.82, 2.24) is 29.7 Å². The van der Waals surface area contributed by atoms with Crippen LogP contribution in [0.2, 0.25) is 5.02 Å². The number of ether oxygens (including phenoxy) is 1. The molecule has 12 nitrogen and oxygen atoms in total. The minimum Gasteiger partial charge on any atom is -0.510 e. The quantitative estimate of drug-likeness (QED) is 0.268. The summed E-state index contributed by atoms with van der Waals surface area (Å²) in [5.74, 6) is -0.116. The van der Waals surface area contributed by atoms with Crippen molar-refractivity contribution in [2.24, 2.45) is 0 Å². The van der Waals surface area contributed by atoms with Crippen molar-refractivity contribution in [3.63, 3.8) is 0 Å². The number of hydrogen-bond donors (Lipinski definition) is 3. The molecule has 3 N–H and O–H groups in total. The smallest absolute Gasteiger partial charge is 0.239 e. The molecule has 0 fully saturated rings. The second-order valence-electron chi connectivity index (χ2n) is 7.62. The molecule has 3 aromatic heterocycles. The first-order valence-electron chi connectivity index (χ1n) is 10.4. The SMILES string of the molecule is COc1cccc(-c2nnc(NS(=O)(=O)[C@@H](C)[C@H](C)c3ncc(Cl)cn3)n2[C@H](C)/C(O)=C/C=N)n1. The number of aliphatic hydroxyl groups is 1. The van der Waals surface area contributed by atoms with Crippen LogP contribution in [0.5, 0.6) is 5.88 Å². The van der Waals surface area contributed by atoms with Crippen LogP contribution in [0.3, 0.4) is 0 Å². The van der Waals surface area contributed by atoms with Crippen molar-refractivity contribution in [3.8, 4) is 17.4 Å². The first kappa shape index (κ1) is 26.0. The largest absolute Gasteiger partial charge is 0.510 e. The fourth-order valence-corrected chi connectivity index (χ4v) is 4.50. The van der Waals surface area contributed by atoms with E-state index in [-0.39, 0.29) is 17.5 Å². The van der Waals surface area contributed by atoms with Crippen LogP contribution in [0.1, 0.15) is 38.6 Å². The van der Waals surface area contributed by atoms with Gasteiger partial charge < -0.3 is 15.3 Å². The van der Waals surface area contributed by atoms with E-state index < -0.39 is 27.2 Å². The molecule has 0 aliphatic carbocycles. The summed E-state index contributed by atoms with van der Waals surface area (Å²) in [5, 5.41) is 25.2. The first-order valence-corrected chi connectivity index (χ1v) is 12.4. The summed E-state index contributed by atoms with van der Waals surface area (Å²) in [5.41, 5.74) is 0.341. The standard InChI is InChI=1S/C21H25ClN8O4S/c1-12(19-24-10-15(22)11-25-19)14(3)35(32,33)29-21-28-27-20(16-6-5-7-18(26-16)34-4)30(21)13(2)17(31)8-9-23/h5-14,23,31H,1-4H3,(H,28,29)/b17-8-,23-9?/t12-,13+,14-/m0/s1. The number of aliphatic hydroxyl groups excluding tert-OH is 1. The molecule has 3 aromatic rings. The summed E-state index contributed by atoms with van der Waals surface area (Å²) in [6, 6.07) is 4.15. The number of nitrogens with zero attached hydrogens (tertiary/aromatic N) is 6.